The van der Waals surface area contributed by atoms with Gasteiger partial charge in [0.25, 0.3) is 0 Å². The molecule has 2 atom stereocenters. The summed E-state index contributed by atoms with van der Waals surface area (Å²) in [6.45, 7) is 2.18. The van der Waals surface area contributed by atoms with Gasteiger partial charge in [0.15, 0.2) is 5.70 Å². The van der Waals surface area contributed by atoms with Crippen LogP contribution in [0, 0.1) is 11.7 Å². The van der Waals surface area contributed by atoms with Gasteiger partial charge in [0.2, 0.25) is 5.90 Å². The topological polar surface area (TPSA) is 51.8 Å². The van der Waals surface area contributed by atoms with E-state index in [1.54, 1.807) is 6.08 Å². The number of hydrogen-bond donors (Lipinski definition) is 0. The molecule has 1 aliphatic heterocycles. The van der Waals surface area contributed by atoms with Crippen molar-refractivity contribution in [2.24, 2.45) is 10.9 Å². The Morgan fingerprint density at radius 3 is 2.65 bits per heavy atom. The summed E-state index contributed by atoms with van der Waals surface area (Å²) >= 11 is 0. The second-order valence-corrected chi connectivity index (χ2v) is 5.90. The Morgan fingerprint density at radius 2 is 1.96 bits per heavy atom. The van der Waals surface area contributed by atoms with Crippen LogP contribution < -0.4 is 0 Å². The first kappa shape index (κ1) is 13.9. The maximum absolute atomic E-state index is 12.9. The Hall–Kier alpha value is -2.69. The van der Waals surface area contributed by atoms with Crippen molar-refractivity contribution in [2.75, 3.05) is 0 Å². The van der Waals surface area contributed by atoms with Gasteiger partial charge in [-0.2, -0.15) is 0 Å². The number of halogens is 1. The second kappa shape index (κ2) is 5.19. The molecule has 1 aromatic carbocycles. The van der Waals surface area contributed by atoms with Crippen molar-refractivity contribution in [2.45, 2.75) is 19.3 Å². The highest BCUT2D eigenvalue weighted by Gasteiger charge is 2.36. The smallest absolute Gasteiger partial charge is 0.363 e. The van der Waals surface area contributed by atoms with Gasteiger partial charge in [0.05, 0.1) is 0 Å². The number of ether oxygens (including phenoxy) is 1. The first-order valence-corrected chi connectivity index (χ1v) is 7.48. The van der Waals surface area contributed by atoms with E-state index < -0.39 is 5.97 Å². The molecular weight excluding hydrogens is 297 g/mol. The molecule has 0 unspecified atom stereocenters. The van der Waals surface area contributed by atoms with E-state index in [1.165, 1.54) is 24.3 Å². The highest BCUT2D eigenvalue weighted by Crippen LogP contribution is 2.47. The molecule has 23 heavy (non-hydrogen) atoms. The molecule has 0 N–H and O–H groups in total. The Kier molecular flexibility index (Phi) is 3.15. The zero-order valence-corrected chi connectivity index (χ0v) is 12.5. The average Bonchev–Trinajstić information content (AvgIpc) is 2.94. The molecule has 1 saturated carbocycles. The molecule has 5 heteroatoms. The molecule has 0 spiro atoms. The minimum absolute atomic E-state index is 0.170. The van der Waals surface area contributed by atoms with E-state index in [2.05, 4.69) is 11.9 Å². The third-order valence-electron chi connectivity index (χ3n) is 4.11. The SMILES string of the molecule is C[C@H]1C[C@H]1c1ccc(/C=C2\N=C(c3ccc(F)cc3)OC2=O)o1. The van der Waals surface area contributed by atoms with Crippen LogP contribution in [0.1, 0.15) is 36.3 Å². The van der Waals surface area contributed by atoms with Crippen LogP contribution in [0.15, 0.2) is 51.5 Å². The number of hydrogen-bond acceptors (Lipinski definition) is 4. The van der Waals surface area contributed by atoms with Gasteiger partial charge in [-0.1, -0.05) is 6.92 Å². The Bertz CT molecular complexity index is 832. The van der Waals surface area contributed by atoms with E-state index in [4.69, 9.17) is 9.15 Å². The molecule has 0 saturated heterocycles. The van der Waals surface area contributed by atoms with Crippen molar-refractivity contribution in [3.8, 4) is 0 Å². The molecule has 0 radical (unpaired) electrons. The number of aliphatic imine (C=N–C) groups is 1. The molecule has 0 amide bonds. The fourth-order valence-electron chi connectivity index (χ4n) is 2.62. The summed E-state index contributed by atoms with van der Waals surface area (Å²) in [7, 11) is 0. The molecule has 4 nitrogen and oxygen atoms in total. The summed E-state index contributed by atoms with van der Waals surface area (Å²) in [6, 6.07) is 9.39. The molecular formula is C18H14FNO3. The van der Waals surface area contributed by atoms with Crippen LogP contribution in [-0.2, 0) is 9.53 Å². The molecule has 2 heterocycles. The van der Waals surface area contributed by atoms with Crippen molar-refractivity contribution in [3.63, 3.8) is 0 Å². The van der Waals surface area contributed by atoms with Gasteiger partial charge in [0, 0.05) is 17.6 Å². The van der Waals surface area contributed by atoms with Crippen LogP contribution in [0.3, 0.4) is 0 Å². The molecule has 4 rings (SSSR count). The number of furan rings is 1. The Morgan fingerprint density at radius 1 is 1.22 bits per heavy atom. The zero-order valence-electron chi connectivity index (χ0n) is 12.5. The number of carbonyl (C=O) groups is 1. The predicted octanol–water partition coefficient (Wildman–Crippen LogP) is 3.89. The number of cyclic esters (lactones) is 1. The molecule has 2 aliphatic rings. The second-order valence-electron chi connectivity index (χ2n) is 5.90. The van der Waals surface area contributed by atoms with Gasteiger partial charge < -0.3 is 9.15 Å². The summed E-state index contributed by atoms with van der Waals surface area (Å²) in [6.07, 6.45) is 2.70. The van der Waals surface area contributed by atoms with Crippen LogP contribution in [0.25, 0.3) is 6.08 Å². The largest absolute Gasteiger partial charge is 0.461 e. The third kappa shape index (κ3) is 2.70. The van der Waals surface area contributed by atoms with Crippen LogP contribution >= 0.6 is 0 Å². The first-order chi connectivity index (χ1) is 11.1. The number of benzene rings is 1. The van der Waals surface area contributed by atoms with Gasteiger partial charge in [0.1, 0.15) is 17.3 Å². The van der Waals surface area contributed by atoms with Gasteiger partial charge >= 0.3 is 5.97 Å². The number of nitrogens with zero attached hydrogens (tertiary/aromatic N) is 1. The maximum atomic E-state index is 12.9. The van der Waals surface area contributed by atoms with E-state index in [9.17, 15) is 9.18 Å². The average molecular weight is 311 g/mol. The van der Waals surface area contributed by atoms with Crippen LogP contribution in [0.2, 0.25) is 0 Å². The predicted molar refractivity (Wildman–Crippen MR) is 82.2 cm³/mol. The lowest BCUT2D eigenvalue weighted by Gasteiger charge is -1.98. The van der Waals surface area contributed by atoms with E-state index in [1.807, 2.05) is 12.1 Å². The fraction of sp³-hybridized carbons (Fsp3) is 0.222. The molecule has 2 aromatic rings. The van der Waals surface area contributed by atoms with Crippen LogP contribution in [0.4, 0.5) is 4.39 Å². The molecule has 1 aromatic heterocycles. The van der Waals surface area contributed by atoms with Crippen LogP contribution in [0.5, 0.6) is 0 Å². The summed E-state index contributed by atoms with van der Waals surface area (Å²) in [5, 5.41) is 0. The van der Waals surface area contributed by atoms with Crippen molar-refractivity contribution < 1.29 is 18.3 Å². The lowest BCUT2D eigenvalue weighted by Crippen LogP contribution is -2.05. The number of carbonyl (C=O) groups excluding carboxylic acids is 1. The summed E-state index contributed by atoms with van der Waals surface area (Å²) in [5.41, 5.74) is 0.726. The molecule has 116 valence electrons. The lowest BCUT2D eigenvalue weighted by atomic mass is 10.2. The lowest BCUT2D eigenvalue weighted by molar-refractivity contribution is -0.129. The van der Waals surface area contributed by atoms with Gasteiger partial charge in [-0.15, -0.1) is 0 Å². The fourth-order valence-corrected chi connectivity index (χ4v) is 2.62. The number of esters is 1. The van der Waals surface area contributed by atoms with E-state index in [0.29, 0.717) is 23.2 Å². The standard InChI is InChI=1S/C18H14FNO3/c1-10-8-14(10)16-7-6-13(22-16)9-15-18(21)23-17(20-15)11-2-4-12(19)5-3-11/h2-7,9-10,14H,8H2,1H3/b15-9-/t10-,14+/m0/s1. The Balaban J connectivity index is 1.59. The minimum atomic E-state index is -0.540. The zero-order chi connectivity index (χ0) is 16.0. The minimum Gasteiger partial charge on any atom is -0.461 e. The van der Waals surface area contributed by atoms with Crippen molar-refractivity contribution in [3.05, 3.63) is 65.0 Å². The summed E-state index contributed by atoms with van der Waals surface area (Å²) in [5.74, 6) is 1.93. The number of rotatable bonds is 3. The van der Waals surface area contributed by atoms with E-state index in [0.717, 1.165) is 12.2 Å². The van der Waals surface area contributed by atoms with Crippen LogP contribution in [-0.4, -0.2) is 11.9 Å². The summed E-state index contributed by atoms with van der Waals surface area (Å²) < 4.78 is 23.8. The first-order valence-electron chi connectivity index (χ1n) is 7.48. The molecule has 0 bridgehead atoms. The normalized spacial score (nSPS) is 24.7. The highest BCUT2D eigenvalue weighted by molar-refractivity contribution is 6.12. The van der Waals surface area contributed by atoms with Crippen molar-refractivity contribution in [1.82, 2.24) is 0 Å². The van der Waals surface area contributed by atoms with E-state index >= 15 is 0 Å². The quantitative estimate of drug-likeness (QED) is 0.638. The Labute approximate surface area is 132 Å². The van der Waals surface area contributed by atoms with Gasteiger partial charge in [-0.05, 0) is 48.7 Å². The van der Waals surface area contributed by atoms with Crippen molar-refractivity contribution >= 4 is 17.9 Å². The maximum Gasteiger partial charge on any atom is 0.363 e. The molecule has 1 fully saturated rings. The van der Waals surface area contributed by atoms with Gasteiger partial charge in [-0.25, -0.2) is 14.2 Å². The molecule has 1 aliphatic carbocycles. The van der Waals surface area contributed by atoms with E-state index in [-0.39, 0.29) is 17.4 Å². The van der Waals surface area contributed by atoms with Crippen molar-refractivity contribution in [1.29, 1.82) is 0 Å². The monoisotopic (exact) mass is 311 g/mol. The summed E-state index contributed by atoms with van der Waals surface area (Å²) in [4.78, 5) is 16.1. The third-order valence-corrected chi connectivity index (χ3v) is 4.11. The van der Waals surface area contributed by atoms with Gasteiger partial charge in [-0.3, -0.25) is 0 Å². The highest BCUT2D eigenvalue weighted by atomic mass is 19.1.